The minimum Gasteiger partial charge on any atom is -0.478 e. The number of hydrogen-bond acceptors (Lipinski definition) is 4. The number of sulfone groups is 1. The van der Waals surface area contributed by atoms with E-state index in [1.165, 1.54) is 30.3 Å². The van der Waals surface area contributed by atoms with Crippen LogP contribution in [0.2, 0.25) is 0 Å². The Bertz CT molecular complexity index is 974. The van der Waals surface area contributed by atoms with E-state index >= 15 is 0 Å². The molecular formula is C20H21NO5S. The molecule has 0 unspecified atom stereocenters. The number of carbonyl (C=O) groups excluding carboxylic acids is 1. The van der Waals surface area contributed by atoms with Crippen LogP contribution in [0.3, 0.4) is 0 Å². The van der Waals surface area contributed by atoms with E-state index in [0.717, 1.165) is 12.8 Å². The molecule has 7 heteroatoms. The van der Waals surface area contributed by atoms with E-state index in [0.29, 0.717) is 29.7 Å². The van der Waals surface area contributed by atoms with E-state index in [1.54, 1.807) is 19.1 Å². The molecule has 1 fully saturated rings. The van der Waals surface area contributed by atoms with Gasteiger partial charge in [0.1, 0.15) is 0 Å². The van der Waals surface area contributed by atoms with Crippen molar-refractivity contribution in [1.82, 2.24) is 0 Å². The quantitative estimate of drug-likeness (QED) is 0.815. The molecule has 1 amide bonds. The third-order valence-corrected chi connectivity index (χ3v) is 7.19. The van der Waals surface area contributed by atoms with Gasteiger partial charge >= 0.3 is 5.97 Å². The molecule has 6 nitrogen and oxygen atoms in total. The lowest BCUT2D eigenvalue weighted by atomic mass is 10.1. The Labute approximate surface area is 158 Å². The van der Waals surface area contributed by atoms with Crippen LogP contribution in [0, 0.1) is 6.92 Å². The zero-order valence-electron chi connectivity index (χ0n) is 14.9. The number of anilines is 1. The highest BCUT2D eigenvalue weighted by Gasteiger charge is 2.30. The van der Waals surface area contributed by atoms with Gasteiger partial charge in [0.05, 0.1) is 15.7 Å². The van der Waals surface area contributed by atoms with Crippen molar-refractivity contribution < 1.29 is 23.1 Å². The molecule has 0 heterocycles. The molecule has 0 bridgehead atoms. The van der Waals surface area contributed by atoms with Crippen LogP contribution in [0.15, 0.2) is 47.4 Å². The van der Waals surface area contributed by atoms with Crippen molar-refractivity contribution in [2.24, 2.45) is 0 Å². The summed E-state index contributed by atoms with van der Waals surface area (Å²) in [4.78, 5) is 23.8. The number of rotatable bonds is 5. The van der Waals surface area contributed by atoms with E-state index in [-0.39, 0.29) is 15.7 Å². The fraction of sp³-hybridized carbons (Fsp3) is 0.300. The summed E-state index contributed by atoms with van der Waals surface area (Å²) >= 11 is 0. The Hall–Kier alpha value is -2.67. The Morgan fingerprint density at radius 2 is 1.67 bits per heavy atom. The van der Waals surface area contributed by atoms with Crippen LogP contribution in [0.5, 0.6) is 0 Å². The fourth-order valence-corrected chi connectivity index (χ4v) is 5.17. The molecule has 1 aliphatic carbocycles. The summed E-state index contributed by atoms with van der Waals surface area (Å²) in [5, 5.41) is 11.5. The zero-order chi connectivity index (χ0) is 19.6. The van der Waals surface area contributed by atoms with Crippen molar-refractivity contribution in [2.45, 2.75) is 42.8 Å². The zero-order valence-corrected chi connectivity index (χ0v) is 15.8. The van der Waals surface area contributed by atoms with Crippen LogP contribution in [-0.4, -0.2) is 30.7 Å². The maximum Gasteiger partial charge on any atom is 0.336 e. The molecule has 27 heavy (non-hydrogen) atoms. The number of carboxylic acid groups (broad SMARTS) is 1. The highest BCUT2D eigenvalue weighted by atomic mass is 32.2. The molecule has 0 radical (unpaired) electrons. The second-order valence-electron chi connectivity index (χ2n) is 6.76. The Balaban J connectivity index is 1.76. The molecule has 1 saturated carbocycles. The maximum absolute atomic E-state index is 12.6. The molecule has 142 valence electrons. The molecule has 0 aliphatic heterocycles. The predicted molar refractivity (Wildman–Crippen MR) is 102 cm³/mol. The SMILES string of the molecule is Cc1ccc(NC(=O)c2ccc(S(=O)(=O)C3CCCC3)cc2)cc1C(=O)O. The smallest absolute Gasteiger partial charge is 0.336 e. The van der Waals surface area contributed by atoms with Gasteiger partial charge in [-0.2, -0.15) is 0 Å². The Kier molecular flexibility index (Phi) is 5.32. The third kappa shape index (κ3) is 4.03. The summed E-state index contributed by atoms with van der Waals surface area (Å²) in [7, 11) is -3.36. The second-order valence-corrected chi connectivity index (χ2v) is 8.99. The molecule has 2 aromatic rings. The van der Waals surface area contributed by atoms with Crippen LogP contribution in [-0.2, 0) is 9.84 Å². The summed E-state index contributed by atoms with van der Waals surface area (Å²) < 4.78 is 25.2. The van der Waals surface area contributed by atoms with Crippen LogP contribution in [0.25, 0.3) is 0 Å². The molecule has 1 aliphatic rings. The summed E-state index contributed by atoms with van der Waals surface area (Å²) in [6, 6.07) is 10.5. The molecule has 3 rings (SSSR count). The lowest BCUT2D eigenvalue weighted by Crippen LogP contribution is -2.18. The van der Waals surface area contributed by atoms with Crippen LogP contribution < -0.4 is 5.32 Å². The first-order valence-electron chi connectivity index (χ1n) is 8.78. The number of hydrogen-bond donors (Lipinski definition) is 2. The van der Waals surface area contributed by atoms with Gasteiger partial charge in [-0.1, -0.05) is 18.9 Å². The lowest BCUT2D eigenvalue weighted by molar-refractivity contribution is 0.0695. The van der Waals surface area contributed by atoms with Crippen molar-refractivity contribution in [3.8, 4) is 0 Å². The number of carboxylic acids is 1. The number of nitrogens with one attached hydrogen (secondary N) is 1. The fourth-order valence-electron chi connectivity index (χ4n) is 3.32. The van der Waals surface area contributed by atoms with Crippen LogP contribution in [0.1, 0.15) is 52.0 Å². The van der Waals surface area contributed by atoms with E-state index < -0.39 is 21.7 Å². The summed E-state index contributed by atoms with van der Waals surface area (Å²) in [6.07, 6.45) is 3.23. The van der Waals surface area contributed by atoms with E-state index in [2.05, 4.69) is 5.32 Å². The summed E-state index contributed by atoms with van der Waals surface area (Å²) in [5.74, 6) is -1.50. The predicted octanol–water partition coefficient (Wildman–Crippen LogP) is 3.66. The van der Waals surface area contributed by atoms with Crippen molar-refractivity contribution in [3.05, 3.63) is 59.2 Å². The maximum atomic E-state index is 12.6. The average Bonchev–Trinajstić information content (AvgIpc) is 3.19. The molecule has 0 saturated heterocycles. The van der Waals surface area contributed by atoms with Gasteiger partial charge in [0.15, 0.2) is 9.84 Å². The summed E-state index contributed by atoms with van der Waals surface area (Å²) in [6.45, 7) is 1.68. The van der Waals surface area contributed by atoms with Crippen molar-refractivity contribution in [3.63, 3.8) is 0 Å². The molecule has 0 atom stereocenters. The van der Waals surface area contributed by atoms with Crippen molar-refractivity contribution >= 4 is 27.4 Å². The van der Waals surface area contributed by atoms with Crippen LogP contribution in [0.4, 0.5) is 5.69 Å². The number of amides is 1. The topological polar surface area (TPSA) is 101 Å². The Morgan fingerprint density at radius 3 is 2.26 bits per heavy atom. The standard InChI is InChI=1S/C20H21NO5S/c1-13-6-9-15(12-18(13)20(23)24)21-19(22)14-7-10-17(11-8-14)27(25,26)16-4-2-3-5-16/h6-12,16H,2-5H2,1H3,(H,21,22)(H,23,24). The van der Waals surface area contributed by atoms with Gasteiger partial charge in [0, 0.05) is 11.3 Å². The first kappa shape index (κ1) is 19.1. The minimum absolute atomic E-state index is 0.116. The largest absolute Gasteiger partial charge is 0.478 e. The van der Waals surface area contributed by atoms with Gasteiger partial charge in [-0.3, -0.25) is 4.79 Å². The normalized spacial score (nSPS) is 14.9. The van der Waals surface area contributed by atoms with Crippen LogP contribution >= 0.6 is 0 Å². The third-order valence-electron chi connectivity index (χ3n) is 4.91. The Morgan fingerprint density at radius 1 is 1.04 bits per heavy atom. The van der Waals surface area contributed by atoms with Gasteiger partial charge in [0.25, 0.3) is 5.91 Å². The van der Waals surface area contributed by atoms with Gasteiger partial charge in [-0.25, -0.2) is 13.2 Å². The van der Waals surface area contributed by atoms with Crippen molar-refractivity contribution in [1.29, 1.82) is 0 Å². The minimum atomic E-state index is -3.36. The van der Waals surface area contributed by atoms with Crippen molar-refractivity contribution in [2.75, 3.05) is 5.32 Å². The number of carbonyl (C=O) groups is 2. The van der Waals surface area contributed by atoms with Gasteiger partial charge in [-0.05, 0) is 61.7 Å². The monoisotopic (exact) mass is 387 g/mol. The molecule has 0 aromatic heterocycles. The number of aryl methyl sites for hydroxylation is 1. The first-order valence-corrected chi connectivity index (χ1v) is 10.3. The number of benzene rings is 2. The molecule has 2 N–H and O–H groups in total. The first-order chi connectivity index (χ1) is 12.8. The van der Waals surface area contributed by atoms with E-state index in [4.69, 9.17) is 5.11 Å². The lowest BCUT2D eigenvalue weighted by Gasteiger charge is -2.12. The molecule has 0 spiro atoms. The van der Waals surface area contributed by atoms with E-state index in [9.17, 15) is 18.0 Å². The number of aromatic carboxylic acids is 1. The average molecular weight is 387 g/mol. The van der Waals surface area contributed by atoms with Gasteiger partial charge in [0.2, 0.25) is 0 Å². The van der Waals surface area contributed by atoms with Gasteiger partial charge in [-0.15, -0.1) is 0 Å². The molecular weight excluding hydrogens is 366 g/mol. The highest BCUT2D eigenvalue weighted by molar-refractivity contribution is 7.92. The summed E-state index contributed by atoms with van der Waals surface area (Å²) in [5.41, 5.74) is 1.39. The highest BCUT2D eigenvalue weighted by Crippen LogP contribution is 2.29. The second kappa shape index (κ2) is 7.52. The van der Waals surface area contributed by atoms with Gasteiger partial charge < -0.3 is 10.4 Å². The van der Waals surface area contributed by atoms with E-state index in [1.807, 2.05) is 0 Å². The molecule has 2 aromatic carbocycles.